The number of aliphatic imine (C=N–C) groups is 1. The van der Waals surface area contributed by atoms with Crippen LogP contribution < -0.4 is 10.6 Å². The summed E-state index contributed by atoms with van der Waals surface area (Å²) in [4.78, 5) is 4.55. The molecule has 0 radical (unpaired) electrons. The van der Waals surface area contributed by atoms with Crippen LogP contribution in [0.25, 0.3) is 0 Å². The predicted octanol–water partition coefficient (Wildman–Crippen LogP) is 2.16. The van der Waals surface area contributed by atoms with Crippen LogP contribution >= 0.6 is 0 Å². The molecule has 2 N–H and O–H groups in total. The number of hydrogen-bond donors (Lipinski definition) is 2. The van der Waals surface area contributed by atoms with Crippen molar-refractivity contribution in [2.45, 2.75) is 52.5 Å². The highest BCUT2D eigenvalue weighted by Crippen LogP contribution is 1.99. The van der Waals surface area contributed by atoms with Gasteiger partial charge in [0.15, 0.2) is 5.96 Å². The Labute approximate surface area is 106 Å². The van der Waals surface area contributed by atoms with E-state index >= 15 is 0 Å². The Morgan fingerprint density at radius 2 is 1.88 bits per heavy atom. The minimum Gasteiger partial charge on any atom is -0.385 e. The number of nitrogens with zero attached hydrogens (tertiary/aromatic N) is 1. The molecule has 0 aromatic rings. The maximum absolute atomic E-state index is 5.01. The van der Waals surface area contributed by atoms with E-state index in [1.807, 2.05) is 0 Å². The topological polar surface area (TPSA) is 45.7 Å². The van der Waals surface area contributed by atoms with Gasteiger partial charge in [0, 0.05) is 32.3 Å². The van der Waals surface area contributed by atoms with Crippen LogP contribution in [0, 0.1) is 0 Å². The van der Waals surface area contributed by atoms with Gasteiger partial charge in [0.2, 0.25) is 0 Å². The highest BCUT2D eigenvalue weighted by atomic mass is 16.5. The van der Waals surface area contributed by atoms with E-state index in [1.54, 1.807) is 7.11 Å². The fourth-order valence-electron chi connectivity index (χ4n) is 1.39. The maximum Gasteiger partial charge on any atom is 0.191 e. The zero-order valence-electron chi connectivity index (χ0n) is 12.1. The first-order chi connectivity index (χ1) is 7.99. The molecule has 0 aliphatic heterocycles. The van der Waals surface area contributed by atoms with Crippen molar-refractivity contribution in [1.29, 1.82) is 0 Å². The van der Waals surface area contributed by atoms with E-state index in [2.05, 4.69) is 43.3 Å². The lowest BCUT2D eigenvalue weighted by molar-refractivity contribution is 0.192. The summed E-state index contributed by atoms with van der Waals surface area (Å²) in [5.74, 6) is 0.909. The Balaban J connectivity index is 3.87. The number of hydrogen-bond acceptors (Lipinski definition) is 2. The number of nitrogens with one attached hydrogen (secondary N) is 2. The van der Waals surface area contributed by atoms with Gasteiger partial charge in [0.25, 0.3) is 0 Å². The van der Waals surface area contributed by atoms with Crippen LogP contribution in [0.3, 0.4) is 0 Å². The number of ether oxygens (including phenoxy) is 1. The number of guanidine groups is 1. The van der Waals surface area contributed by atoms with Crippen molar-refractivity contribution in [3.63, 3.8) is 0 Å². The van der Waals surface area contributed by atoms with Gasteiger partial charge in [-0.05, 0) is 47.0 Å². The molecule has 0 saturated heterocycles. The third-order valence-corrected chi connectivity index (χ3v) is 2.11. The predicted molar refractivity (Wildman–Crippen MR) is 74.6 cm³/mol. The third kappa shape index (κ3) is 11.5. The van der Waals surface area contributed by atoms with Crippen LogP contribution in [-0.2, 0) is 4.74 Å². The first-order valence-corrected chi connectivity index (χ1v) is 6.55. The lowest BCUT2D eigenvalue weighted by Crippen LogP contribution is -2.47. The van der Waals surface area contributed by atoms with Crippen molar-refractivity contribution in [1.82, 2.24) is 10.6 Å². The summed E-state index contributed by atoms with van der Waals surface area (Å²) in [6, 6.07) is 0. The molecule has 0 fully saturated rings. The van der Waals surface area contributed by atoms with Crippen LogP contribution in [0.5, 0.6) is 0 Å². The van der Waals surface area contributed by atoms with Crippen LogP contribution in [0.15, 0.2) is 4.99 Å². The van der Waals surface area contributed by atoms with Crippen molar-refractivity contribution in [3.05, 3.63) is 0 Å². The van der Waals surface area contributed by atoms with Crippen LogP contribution in [0.1, 0.15) is 47.0 Å². The molecule has 0 aliphatic carbocycles. The molecule has 0 aliphatic rings. The van der Waals surface area contributed by atoms with E-state index in [-0.39, 0.29) is 5.54 Å². The molecule has 0 unspecified atom stereocenters. The van der Waals surface area contributed by atoms with Gasteiger partial charge < -0.3 is 15.4 Å². The maximum atomic E-state index is 5.01. The second-order valence-electron chi connectivity index (χ2n) is 5.19. The average molecular weight is 243 g/mol. The Hall–Kier alpha value is -0.770. The lowest BCUT2D eigenvalue weighted by Gasteiger charge is -2.23. The molecule has 0 atom stereocenters. The number of rotatable bonds is 7. The Morgan fingerprint density at radius 3 is 2.41 bits per heavy atom. The van der Waals surface area contributed by atoms with Crippen molar-refractivity contribution >= 4 is 5.96 Å². The van der Waals surface area contributed by atoms with Gasteiger partial charge in [-0.25, -0.2) is 0 Å². The van der Waals surface area contributed by atoms with Gasteiger partial charge in [-0.3, -0.25) is 4.99 Å². The summed E-state index contributed by atoms with van der Waals surface area (Å²) in [5, 5.41) is 6.63. The Bertz CT molecular complexity index is 209. The minimum absolute atomic E-state index is 0.0526. The van der Waals surface area contributed by atoms with E-state index < -0.39 is 0 Å². The number of methoxy groups -OCH3 is 1. The van der Waals surface area contributed by atoms with Crippen molar-refractivity contribution in [2.24, 2.45) is 4.99 Å². The van der Waals surface area contributed by atoms with Crippen LogP contribution in [0.2, 0.25) is 0 Å². The van der Waals surface area contributed by atoms with Crippen molar-refractivity contribution < 1.29 is 4.74 Å². The molecule has 0 saturated carbocycles. The zero-order valence-corrected chi connectivity index (χ0v) is 12.1. The monoisotopic (exact) mass is 243 g/mol. The molecule has 0 rings (SSSR count). The fourth-order valence-corrected chi connectivity index (χ4v) is 1.39. The normalized spacial score (nSPS) is 12.6. The third-order valence-electron chi connectivity index (χ3n) is 2.11. The molecular formula is C13H29N3O. The highest BCUT2D eigenvalue weighted by molar-refractivity contribution is 5.80. The molecule has 0 aromatic carbocycles. The van der Waals surface area contributed by atoms with E-state index in [9.17, 15) is 0 Å². The summed E-state index contributed by atoms with van der Waals surface area (Å²) in [5.41, 5.74) is 0.0526. The summed E-state index contributed by atoms with van der Waals surface area (Å²) >= 11 is 0. The first-order valence-electron chi connectivity index (χ1n) is 6.55. The van der Waals surface area contributed by atoms with Gasteiger partial charge in [0.1, 0.15) is 0 Å². The second-order valence-corrected chi connectivity index (χ2v) is 5.19. The standard InChI is InChI=1S/C13H29N3O/c1-6-14-12(16-13(2,3)4)15-10-8-7-9-11-17-5/h6-11H2,1-5H3,(H2,14,15,16). The van der Waals surface area contributed by atoms with E-state index in [0.29, 0.717) is 0 Å². The summed E-state index contributed by atoms with van der Waals surface area (Å²) in [6.07, 6.45) is 3.41. The molecule has 102 valence electrons. The Morgan fingerprint density at radius 1 is 1.18 bits per heavy atom. The van der Waals surface area contributed by atoms with Gasteiger partial charge in [0.05, 0.1) is 0 Å². The average Bonchev–Trinajstić information content (AvgIpc) is 2.21. The molecule has 0 spiro atoms. The van der Waals surface area contributed by atoms with E-state index in [1.165, 1.54) is 6.42 Å². The quantitative estimate of drug-likeness (QED) is 0.409. The molecule has 0 heterocycles. The van der Waals surface area contributed by atoms with E-state index in [0.717, 1.165) is 38.5 Å². The van der Waals surface area contributed by atoms with Gasteiger partial charge in [-0.1, -0.05) is 0 Å². The second kappa shape index (κ2) is 9.28. The van der Waals surface area contributed by atoms with Gasteiger partial charge in [-0.15, -0.1) is 0 Å². The first kappa shape index (κ1) is 16.2. The molecular weight excluding hydrogens is 214 g/mol. The smallest absolute Gasteiger partial charge is 0.191 e. The molecule has 4 nitrogen and oxygen atoms in total. The molecule has 17 heavy (non-hydrogen) atoms. The lowest BCUT2D eigenvalue weighted by atomic mass is 10.1. The Kier molecular flexibility index (Phi) is 8.86. The molecule has 0 aromatic heterocycles. The van der Waals surface area contributed by atoms with Gasteiger partial charge >= 0.3 is 0 Å². The van der Waals surface area contributed by atoms with Crippen molar-refractivity contribution in [2.75, 3.05) is 26.8 Å². The molecule has 0 bridgehead atoms. The fraction of sp³-hybridized carbons (Fsp3) is 0.923. The summed E-state index contributed by atoms with van der Waals surface area (Å²) in [6.45, 7) is 11.1. The SMILES string of the molecule is CCNC(=NCCCCCOC)NC(C)(C)C. The highest BCUT2D eigenvalue weighted by Gasteiger charge is 2.11. The van der Waals surface area contributed by atoms with E-state index in [4.69, 9.17) is 4.74 Å². The summed E-state index contributed by atoms with van der Waals surface area (Å²) < 4.78 is 5.01. The number of unbranched alkanes of at least 4 members (excludes halogenated alkanes) is 2. The summed E-state index contributed by atoms with van der Waals surface area (Å²) in [7, 11) is 1.74. The van der Waals surface area contributed by atoms with Crippen molar-refractivity contribution in [3.8, 4) is 0 Å². The largest absolute Gasteiger partial charge is 0.385 e. The van der Waals surface area contributed by atoms with Gasteiger partial charge in [-0.2, -0.15) is 0 Å². The van der Waals surface area contributed by atoms with Crippen LogP contribution in [0.4, 0.5) is 0 Å². The molecule has 0 amide bonds. The molecule has 4 heteroatoms. The zero-order chi connectivity index (χ0) is 13.1. The van der Waals surface area contributed by atoms with Crippen LogP contribution in [-0.4, -0.2) is 38.3 Å². The minimum atomic E-state index is 0.0526.